The molecule has 1 heterocycles. The van der Waals surface area contributed by atoms with Crippen molar-refractivity contribution in [2.75, 3.05) is 16.0 Å². The highest BCUT2D eigenvalue weighted by Crippen LogP contribution is 2.32. The standard InChI is InChI=1S/C19H17N3O4/c1-3-17(23)20-13-6-4-5-12(9-13)19(25)21-14-7-8-16-15(10-14)22-18(24)11(2)26-16/h3-11H,1H2,2H3,(H,20,23)(H,21,25)(H,22,24). The first-order valence-corrected chi connectivity index (χ1v) is 7.92. The Balaban J connectivity index is 1.75. The number of carbonyl (C=O) groups excluding carboxylic acids is 3. The van der Waals surface area contributed by atoms with Crippen molar-refractivity contribution < 1.29 is 19.1 Å². The number of rotatable bonds is 4. The van der Waals surface area contributed by atoms with Gasteiger partial charge in [-0.05, 0) is 49.4 Å². The molecule has 0 saturated carbocycles. The summed E-state index contributed by atoms with van der Waals surface area (Å²) in [5, 5.41) is 8.08. The number of hydrogen-bond acceptors (Lipinski definition) is 4. The van der Waals surface area contributed by atoms with E-state index < -0.39 is 6.10 Å². The molecule has 2 aromatic carbocycles. The third-order valence-electron chi connectivity index (χ3n) is 3.75. The second-order valence-corrected chi connectivity index (χ2v) is 5.69. The van der Waals surface area contributed by atoms with Gasteiger partial charge in [0.05, 0.1) is 5.69 Å². The first-order valence-electron chi connectivity index (χ1n) is 7.92. The number of carbonyl (C=O) groups is 3. The molecule has 1 unspecified atom stereocenters. The smallest absolute Gasteiger partial charge is 0.265 e. The Bertz CT molecular complexity index is 907. The number of benzene rings is 2. The molecule has 1 aliphatic heterocycles. The quantitative estimate of drug-likeness (QED) is 0.738. The SMILES string of the molecule is C=CC(=O)Nc1cccc(C(=O)Nc2ccc3c(c2)NC(=O)C(C)O3)c1. The summed E-state index contributed by atoms with van der Waals surface area (Å²) in [6.07, 6.45) is 0.591. The number of hydrogen-bond donors (Lipinski definition) is 3. The number of ether oxygens (including phenoxy) is 1. The first-order chi connectivity index (χ1) is 12.5. The number of anilines is 3. The lowest BCUT2D eigenvalue weighted by molar-refractivity contribution is -0.122. The average Bonchev–Trinajstić information content (AvgIpc) is 2.63. The van der Waals surface area contributed by atoms with Gasteiger partial charge in [-0.2, -0.15) is 0 Å². The van der Waals surface area contributed by atoms with Crippen molar-refractivity contribution in [1.82, 2.24) is 0 Å². The first kappa shape index (κ1) is 17.2. The highest BCUT2D eigenvalue weighted by molar-refractivity contribution is 6.06. The topological polar surface area (TPSA) is 96.5 Å². The Kier molecular flexibility index (Phi) is 4.70. The molecule has 0 aromatic heterocycles. The fourth-order valence-electron chi connectivity index (χ4n) is 2.42. The third kappa shape index (κ3) is 3.72. The largest absolute Gasteiger partial charge is 0.479 e. The van der Waals surface area contributed by atoms with Crippen molar-refractivity contribution in [3.05, 3.63) is 60.7 Å². The summed E-state index contributed by atoms with van der Waals surface area (Å²) in [5.41, 5.74) is 1.87. The summed E-state index contributed by atoms with van der Waals surface area (Å²) >= 11 is 0. The fraction of sp³-hybridized carbons (Fsp3) is 0.105. The molecule has 0 spiro atoms. The van der Waals surface area contributed by atoms with Crippen LogP contribution in [0.1, 0.15) is 17.3 Å². The van der Waals surface area contributed by atoms with Gasteiger partial charge in [0, 0.05) is 16.9 Å². The van der Waals surface area contributed by atoms with Crippen molar-refractivity contribution in [1.29, 1.82) is 0 Å². The van der Waals surface area contributed by atoms with E-state index in [1.54, 1.807) is 49.4 Å². The van der Waals surface area contributed by atoms with Gasteiger partial charge in [0.25, 0.3) is 11.8 Å². The van der Waals surface area contributed by atoms with Gasteiger partial charge < -0.3 is 20.7 Å². The molecule has 1 atom stereocenters. The average molecular weight is 351 g/mol. The predicted octanol–water partition coefficient (Wildman–Crippen LogP) is 2.78. The molecular formula is C19H17N3O4. The van der Waals surface area contributed by atoms with Crippen molar-refractivity contribution >= 4 is 34.8 Å². The molecule has 1 aliphatic rings. The molecule has 0 radical (unpaired) electrons. The number of fused-ring (bicyclic) bond motifs is 1. The van der Waals surface area contributed by atoms with Crippen molar-refractivity contribution in [3.63, 3.8) is 0 Å². The Morgan fingerprint density at radius 1 is 1.15 bits per heavy atom. The minimum absolute atomic E-state index is 0.244. The van der Waals surface area contributed by atoms with Crippen LogP contribution in [0.2, 0.25) is 0 Å². The summed E-state index contributed by atoms with van der Waals surface area (Å²) in [6.45, 7) is 5.04. The van der Waals surface area contributed by atoms with Crippen LogP contribution >= 0.6 is 0 Å². The molecule has 2 aromatic rings. The van der Waals surface area contributed by atoms with Gasteiger partial charge in [-0.15, -0.1) is 0 Å². The maximum atomic E-state index is 12.4. The molecule has 0 fully saturated rings. The van der Waals surface area contributed by atoms with Gasteiger partial charge in [0.1, 0.15) is 5.75 Å². The second-order valence-electron chi connectivity index (χ2n) is 5.69. The van der Waals surface area contributed by atoms with Crippen LogP contribution in [0.3, 0.4) is 0 Å². The molecule has 132 valence electrons. The molecule has 7 heteroatoms. The van der Waals surface area contributed by atoms with Gasteiger partial charge in [-0.3, -0.25) is 14.4 Å². The van der Waals surface area contributed by atoms with Crippen molar-refractivity contribution in [2.24, 2.45) is 0 Å². The van der Waals surface area contributed by atoms with Crippen LogP contribution in [0.25, 0.3) is 0 Å². The summed E-state index contributed by atoms with van der Waals surface area (Å²) in [4.78, 5) is 35.5. The Morgan fingerprint density at radius 3 is 2.69 bits per heavy atom. The molecular weight excluding hydrogens is 334 g/mol. The highest BCUT2D eigenvalue weighted by Gasteiger charge is 2.23. The maximum absolute atomic E-state index is 12.4. The van der Waals surface area contributed by atoms with E-state index >= 15 is 0 Å². The van der Waals surface area contributed by atoms with Gasteiger partial charge in [0.2, 0.25) is 5.91 Å². The van der Waals surface area contributed by atoms with Crippen molar-refractivity contribution in [3.8, 4) is 5.75 Å². The highest BCUT2D eigenvalue weighted by atomic mass is 16.5. The number of amides is 3. The molecule has 0 aliphatic carbocycles. The van der Waals surface area contributed by atoms with Crippen LogP contribution in [-0.4, -0.2) is 23.8 Å². The normalized spacial score (nSPS) is 15.1. The minimum atomic E-state index is -0.559. The van der Waals surface area contributed by atoms with E-state index in [1.165, 1.54) is 0 Å². The van der Waals surface area contributed by atoms with Crippen LogP contribution in [-0.2, 0) is 9.59 Å². The monoisotopic (exact) mass is 351 g/mol. The van der Waals surface area contributed by atoms with E-state index in [0.717, 1.165) is 6.08 Å². The third-order valence-corrected chi connectivity index (χ3v) is 3.75. The summed E-state index contributed by atoms with van der Waals surface area (Å²) in [7, 11) is 0. The Labute approximate surface area is 150 Å². The summed E-state index contributed by atoms with van der Waals surface area (Å²) in [5.74, 6) is -0.408. The molecule has 3 rings (SSSR count). The van der Waals surface area contributed by atoms with E-state index in [0.29, 0.717) is 28.4 Å². The van der Waals surface area contributed by atoms with E-state index in [9.17, 15) is 14.4 Å². The Morgan fingerprint density at radius 2 is 1.92 bits per heavy atom. The lowest BCUT2D eigenvalue weighted by Crippen LogP contribution is -2.34. The van der Waals surface area contributed by atoms with Gasteiger partial charge in [0.15, 0.2) is 6.10 Å². The second kappa shape index (κ2) is 7.10. The van der Waals surface area contributed by atoms with Gasteiger partial charge in [-0.1, -0.05) is 12.6 Å². The van der Waals surface area contributed by atoms with E-state index in [-0.39, 0.29) is 17.7 Å². The molecule has 0 bridgehead atoms. The van der Waals surface area contributed by atoms with Crippen LogP contribution < -0.4 is 20.7 Å². The van der Waals surface area contributed by atoms with Crippen LogP contribution in [0, 0.1) is 0 Å². The number of nitrogens with one attached hydrogen (secondary N) is 3. The molecule has 3 amide bonds. The fourth-order valence-corrected chi connectivity index (χ4v) is 2.42. The summed E-state index contributed by atoms with van der Waals surface area (Å²) in [6, 6.07) is 11.5. The van der Waals surface area contributed by atoms with Gasteiger partial charge in [-0.25, -0.2) is 0 Å². The van der Waals surface area contributed by atoms with Crippen LogP contribution in [0.15, 0.2) is 55.1 Å². The van der Waals surface area contributed by atoms with E-state index in [4.69, 9.17) is 4.74 Å². The van der Waals surface area contributed by atoms with E-state index in [1.807, 2.05) is 0 Å². The van der Waals surface area contributed by atoms with Gasteiger partial charge >= 0.3 is 0 Å². The zero-order valence-electron chi connectivity index (χ0n) is 14.0. The zero-order valence-corrected chi connectivity index (χ0v) is 14.0. The minimum Gasteiger partial charge on any atom is -0.479 e. The Hall–Kier alpha value is -3.61. The lowest BCUT2D eigenvalue weighted by Gasteiger charge is -2.23. The lowest BCUT2D eigenvalue weighted by atomic mass is 10.1. The van der Waals surface area contributed by atoms with E-state index in [2.05, 4.69) is 22.5 Å². The van der Waals surface area contributed by atoms with Crippen LogP contribution in [0.5, 0.6) is 5.75 Å². The summed E-state index contributed by atoms with van der Waals surface area (Å²) < 4.78 is 5.48. The zero-order chi connectivity index (χ0) is 18.7. The molecule has 3 N–H and O–H groups in total. The van der Waals surface area contributed by atoms with Crippen LogP contribution in [0.4, 0.5) is 17.1 Å². The molecule has 26 heavy (non-hydrogen) atoms. The molecule has 7 nitrogen and oxygen atoms in total. The predicted molar refractivity (Wildman–Crippen MR) is 98.4 cm³/mol. The van der Waals surface area contributed by atoms with Crippen molar-refractivity contribution in [2.45, 2.75) is 13.0 Å². The molecule has 0 saturated heterocycles. The maximum Gasteiger partial charge on any atom is 0.265 e.